The molecule has 2 aromatic carbocycles. The average Bonchev–Trinajstić information content (AvgIpc) is 2.72. The van der Waals surface area contributed by atoms with Crippen molar-refractivity contribution >= 4 is 23.6 Å². The maximum atomic E-state index is 13.1. The summed E-state index contributed by atoms with van der Waals surface area (Å²) in [6.45, 7) is 9.00. The van der Waals surface area contributed by atoms with E-state index < -0.39 is 6.04 Å². The van der Waals surface area contributed by atoms with Crippen molar-refractivity contribution in [2.45, 2.75) is 58.0 Å². The van der Waals surface area contributed by atoms with Crippen molar-refractivity contribution < 1.29 is 9.59 Å². The van der Waals surface area contributed by atoms with Gasteiger partial charge in [0.1, 0.15) is 6.04 Å². The van der Waals surface area contributed by atoms with Crippen LogP contribution in [-0.4, -0.2) is 35.1 Å². The van der Waals surface area contributed by atoms with Gasteiger partial charge in [0.2, 0.25) is 11.8 Å². The fraction of sp³-hybridized carbons (Fsp3) is 0.417. The van der Waals surface area contributed by atoms with Crippen molar-refractivity contribution in [1.29, 1.82) is 0 Å². The molecule has 2 aromatic rings. The predicted octanol–water partition coefficient (Wildman–Crippen LogP) is 4.73. The van der Waals surface area contributed by atoms with Crippen molar-refractivity contribution in [1.82, 2.24) is 10.2 Å². The lowest BCUT2D eigenvalue weighted by molar-refractivity contribution is -0.140. The van der Waals surface area contributed by atoms with Gasteiger partial charge in [-0.2, -0.15) is 0 Å². The summed E-state index contributed by atoms with van der Waals surface area (Å²) in [7, 11) is 0. The van der Waals surface area contributed by atoms with Crippen LogP contribution in [0.3, 0.4) is 0 Å². The van der Waals surface area contributed by atoms with Crippen molar-refractivity contribution in [3.63, 3.8) is 0 Å². The number of hydrogen-bond donors (Lipinski definition) is 1. The zero-order valence-corrected chi connectivity index (χ0v) is 18.7. The van der Waals surface area contributed by atoms with E-state index in [-0.39, 0.29) is 11.8 Å². The smallest absolute Gasteiger partial charge is 0.242 e. The van der Waals surface area contributed by atoms with Crippen LogP contribution in [-0.2, 0) is 16.1 Å². The van der Waals surface area contributed by atoms with Gasteiger partial charge < -0.3 is 10.2 Å². The van der Waals surface area contributed by atoms with E-state index in [1.807, 2.05) is 45.0 Å². The number of thioether (sulfide) groups is 1. The summed E-state index contributed by atoms with van der Waals surface area (Å²) >= 11 is 1.67. The second kappa shape index (κ2) is 11.7. The molecule has 2 amide bonds. The Morgan fingerprint density at radius 3 is 2.41 bits per heavy atom. The van der Waals surface area contributed by atoms with Crippen LogP contribution in [0.4, 0.5) is 0 Å². The van der Waals surface area contributed by atoms with Gasteiger partial charge in [0.15, 0.2) is 0 Å². The topological polar surface area (TPSA) is 49.4 Å². The van der Waals surface area contributed by atoms with Crippen LogP contribution in [0.5, 0.6) is 0 Å². The first-order chi connectivity index (χ1) is 13.9. The van der Waals surface area contributed by atoms with E-state index in [0.29, 0.717) is 25.3 Å². The molecule has 29 heavy (non-hydrogen) atoms. The third-order valence-electron chi connectivity index (χ3n) is 4.92. The molecule has 0 aliphatic carbocycles. The van der Waals surface area contributed by atoms with Gasteiger partial charge in [-0.05, 0) is 50.5 Å². The minimum absolute atomic E-state index is 0.00649. The first kappa shape index (κ1) is 23.0. The lowest BCUT2D eigenvalue weighted by atomic mass is 10.1. The predicted molar refractivity (Wildman–Crippen MR) is 121 cm³/mol. The fourth-order valence-electron chi connectivity index (χ4n) is 2.98. The number of nitrogens with zero attached hydrogens (tertiary/aromatic N) is 1. The van der Waals surface area contributed by atoms with Gasteiger partial charge in [-0.1, -0.05) is 48.9 Å². The molecular weight excluding hydrogens is 380 g/mol. The van der Waals surface area contributed by atoms with E-state index in [2.05, 4.69) is 36.5 Å². The highest BCUT2D eigenvalue weighted by atomic mass is 32.2. The van der Waals surface area contributed by atoms with E-state index in [0.717, 1.165) is 22.4 Å². The number of hydrogen-bond acceptors (Lipinski definition) is 3. The molecule has 0 saturated carbocycles. The molecule has 1 atom stereocenters. The zero-order chi connectivity index (χ0) is 21.2. The first-order valence-corrected chi connectivity index (χ1v) is 11.2. The van der Waals surface area contributed by atoms with Crippen molar-refractivity contribution in [3.05, 3.63) is 65.2 Å². The molecule has 0 aliphatic heterocycles. The van der Waals surface area contributed by atoms with E-state index in [4.69, 9.17) is 0 Å². The van der Waals surface area contributed by atoms with Gasteiger partial charge in [-0.15, -0.1) is 11.8 Å². The normalized spacial score (nSPS) is 11.7. The zero-order valence-electron chi connectivity index (χ0n) is 17.9. The number of carbonyl (C=O) groups excluding carboxylic acids is 2. The number of amides is 2. The largest absolute Gasteiger partial charge is 0.354 e. The molecule has 156 valence electrons. The lowest BCUT2D eigenvalue weighted by Crippen LogP contribution is -2.47. The van der Waals surface area contributed by atoms with Crippen molar-refractivity contribution in [3.8, 4) is 0 Å². The summed E-state index contributed by atoms with van der Waals surface area (Å²) in [5, 5.41) is 2.92. The van der Waals surface area contributed by atoms with Crippen LogP contribution in [0.15, 0.2) is 53.4 Å². The second-order valence-electron chi connectivity index (χ2n) is 7.33. The van der Waals surface area contributed by atoms with Gasteiger partial charge in [-0.25, -0.2) is 0 Å². The Morgan fingerprint density at radius 1 is 1.07 bits per heavy atom. The van der Waals surface area contributed by atoms with Crippen molar-refractivity contribution in [2.75, 3.05) is 12.3 Å². The molecule has 0 aromatic heterocycles. The minimum atomic E-state index is -0.502. The molecule has 0 bridgehead atoms. The summed E-state index contributed by atoms with van der Waals surface area (Å²) in [5.74, 6) is 0.599. The van der Waals surface area contributed by atoms with Gasteiger partial charge in [0.05, 0.1) is 0 Å². The molecule has 5 heteroatoms. The Morgan fingerprint density at radius 2 is 1.76 bits per heavy atom. The Kier molecular flexibility index (Phi) is 9.26. The summed E-state index contributed by atoms with van der Waals surface area (Å²) < 4.78 is 0. The van der Waals surface area contributed by atoms with E-state index >= 15 is 0 Å². The number of aryl methyl sites for hydroxylation is 2. The van der Waals surface area contributed by atoms with Gasteiger partial charge in [-0.3, -0.25) is 9.59 Å². The lowest BCUT2D eigenvalue weighted by Gasteiger charge is -2.29. The standard InChI is InChI=1S/C24H32N2O2S/c1-5-15-25-24(28)20(4)26(17-21-9-7-6-8-19(21)3)23(27)14-16-29-22-12-10-18(2)11-13-22/h6-13,20H,5,14-17H2,1-4H3,(H,25,28). The fourth-order valence-corrected chi connectivity index (χ4v) is 3.82. The molecule has 4 nitrogen and oxygen atoms in total. The van der Waals surface area contributed by atoms with Crippen molar-refractivity contribution in [2.24, 2.45) is 0 Å². The highest BCUT2D eigenvalue weighted by Crippen LogP contribution is 2.21. The summed E-state index contributed by atoms with van der Waals surface area (Å²) in [6.07, 6.45) is 1.27. The van der Waals surface area contributed by atoms with Gasteiger partial charge >= 0.3 is 0 Å². The number of benzene rings is 2. The minimum Gasteiger partial charge on any atom is -0.354 e. The van der Waals surface area contributed by atoms with E-state index in [9.17, 15) is 9.59 Å². The molecule has 2 rings (SSSR count). The molecule has 0 heterocycles. The van der Waals surface area contributed by atoms with Gasteiger partial charge in [0, 0.05) is 30.2 Å². The van der Waals surface area contributed by atoms with E-state index in [1.54, 1.807) is 16.7 Å². The van der Waals surface area contributed by atoms with Crippen LogP contribution in [0.25, 0.3) is 0 Å². The summed E-state index contributed by atoms with van der Waals surface area (Å²) in [6, 6.07) is 15.8. The highest BCUT2D eigenvalue weighted by Gasteiger charge is 2.26. The maximum Gasteiger partial charge on any atom is 0.242 e. The number of carbonyl (C=O) groups is 2. The maximum absolute atomic E-state index is 13.1. The Bertz CT molecular complexity index is 805. The molecular formula is C24H32N2O2S. The van der Waals surface area contributed by atoms with Crippen LogP contribution < -0.4 is 5.32 Å². The molecule has 1 unspecified atom stereocenters. The summed E-state index contributed by atoms with van der Waals surface area (Å²) in [5.41, 5.74) is 3.42. The van der Waals surface area contributed by atoms with E-state index in [1.165, 1.54) is 5.56 Å². The van der Waals surface area contributed by atoms with Crippen LogP contribution in [0.1, 0.15) is 43.4 Å². The molecule has 0 spiro atoms. The quantitative estimate of drug-likeness (QED) is 0.574. The SMILES string of the molecule is CCCNC(=O)C(C)N(Cc1ccccc1C)C(=O)CCSc1ccc(C)cc1. The average molecular weight is 413 g/mol. The molecule has 0 radical (unpaired) electrons. The van der Waals surface area contributed by atoms with Gasteiger partial charge in [0.25, 0.3) is 0 Å². The van der Waals surface area contributed by atoms with Crippen LogP contribution in [0.2, 0.25) is 0 Å². The molecule has 0 aliphatic rings. The third-order valence-corrected chi connectivity index (χ3v) is 5.94. The number of rotatable bonds is 10. The third kappa shape index (κ3) is 7.24. The monoisotopic (exact) mass is 412 g/mol. The Labute approximate surface area is 179 Å². The molecule has 1 N–H and O–H groups in total. The Hall–Kier alpha value is -2.27. The van der Waals surface area contributed by atoms with Crippen LogP contribution in [0, 0.1) is 13.8 Å². The second-order valence-corrected chi connectivity index (χ2v) is 8.49. The number of nitrogens with one attached hydrogen (secondary N) is 1. The Balaban J connectivity index is 2.05. The first-order valence-electron chi connectivity index (χ1n) is 10.2. The molecule has 0 fully saturated rings. The summed E-state index contributed by atoms with van der Waals surface area (Å²) in [4.78, 5) is 28.5. The highest BCUT2D eigenvalue weighted by molar-refractivity contribution is 7.99. The van der Waals surface area contributed by atoms with Crippen LogP contribution >= 0.6 is 11.8 Å². The molecule has 0 saturated heterocycles.